The van der Waals surface area contributed by atoms with E-state index in [9.17, 15) is 17.6 Å². The van der Waals surface area contributed by atoms with Gasteiger partial charge in [0.1, 0.15) is 12.4 Å². The zero-order valence-corrected chi connectivity index (χ0v) is 17.0. The smallest absolute Gasteiger partial charge is 0.304 e. The number of para-hydroxylation sites is 1. The standard InChI is InChI=1S/C18H22FN3O3S2/c1-4-26-17-8-6-5-7-16(17)20-18(23)13-22(27(24,25)21(2)3)15-11-9-14(19)10-12-15/h5-12H,4,13H2,1-3H3,(H,20,23). The van der Waals surface area contributed by atoms with Crippen molar-refractivity contribution in [2.75, 3.05) is 36.0 Å². The van der Waals surface area contributed by atoms with E-state index >= 15 is 0 Å². The molecule has 1 N–H and O–H groups in total. The number of carbonyl (C=O) groups excluding carboxylic acids is 1. The van der Waals surface area contributed by atoms with Gasteiger partial charge in [0.2, 0.25) is 5.91 Å². The maximum absolute atomic E-state index is 13.2. The van der Waals surface area contributed by atoms with Crippen LogP contribution in [0.15, 0.2) is 53.4 Å². The highest BCUT2D eigenvalue weighted by Gasteiger charge is 2.27. The first kappa shape index (κ1) is 21.2. The molecule has 0 heterocycles. The van der Waals surface area contributed by atoms with E-state index in [1.54, 1.807) is 23.9 Å². The van der Waals surface area contributed by atoms with E-state index in [2.05, 4.69) is 5.32 Å². The summed E-state index contributed by atoms with van der Waals surface area (Å²) < 4.78 is 40.5. The van der Waals surface area contributed by atoms with Crippen molar-refractivity contribution < 1.29 is 17.6 Å². The lowest BCUT2D eigenvalue weighted by Crippen LogP contribution is -2.44. The molecule has 2 rings (SSSR count). The van der Waals surface area contributed by atoms with Gasteiger partial charge >= 0.3 is 10.2 Å². The topological polar surface area (TPSA) is 69.7 Å². The number of rotatable bonds is 8. The number of nitrogens with zero attached hydrogens (tertiary/aromatic N) is 2. The third-order valence-electron chi connectivity index (χ3n) is 3.60. The molecule has 1 amide bonds. The summed E-state index contributed by atoms with van der Waals surface area (Å²) in [5.74, 6) is -0.145. The first-order valence-corrected chi connectivity index (χ1v) is 10.6. The molecule has 0 atom stereocenters. The van der Waals surface area contributed by atoms with Crippen molar-refractivity contribution in [2.45, 2.75) is 11.8 Å². The number of carbonyl (C=O) groups is 1. The fraction of sp³-hybridized carbons (Fsp3) is 0.278. The molecular weight excluding hydrogens is 389 g/mol. The molecule has 2 aromatic carbocycles. The van der Waals surface area contributed by atoms with Crippen molar-refractivity contribution >= 4 is 39.3 Å². The fourth-order valence-electron chi connectivity index (χ4n) is 2.28. The van der Waals surface area contributed by atoms with Crippen LogP contribution in [0, 0.1) is 5.82 Å². The van der Waals surface area contributed by atoms with Crippen LogP contribution in [0.25, 0.3) is 0 Å². The Kier molecular flexibility index (Phi) is 7.23. The summed E-state index contributed by atoms with van der Waals surface area (Å²) in [6, 6.07) is 12.3. The average Bonchev–Trinajstić information content (AvgIpc) is 2.62. The van der Waals surface area contributed by atoms with Crippen LogP contribution in [0.4, 0.5) is 15.8 Å². The Morgan fingerprint density at radius 1 is 1.11 bits per heavy atom. The molecule has 2 aromatic rings. The Bertz CT molecular complexity index is 887. The maximum Gasteiger partial charge on any atom is 0.304 e. The van der Waals surface area contributed by atoms with Crippen molar-refractivity contribution in [1.29, 1.82) is 0 Å². The van der Waals surface area contributed by atoms with Crippen LogP contribution >= 0.6 is 11.8 Å². The van der Waals surface area contributed by atoms with Gasteiger partial charge in [0.15, 0.2) is 0 Å². The Hall–Kier alpha value is -2.10. The van der Waals surface area contributed by atoms with E-state index in [0.29, 0.717) is 5.69 Å². The second-order valence-electron chi connectivity index (χ2n) is 5.75. The van der Waals surface area contributed by atoms with Crippen molar-refractivity contribution in [3.05, 3.63) is 54.3 Å². The van der Waals surface area contributed by atoms with Crippen LogP contribution in [-0.2, 0) is 15.0 Å². The van der Waals surface area contributed by atoms with Gasteiger partial charge in [0, 0.05) is 19.0 Å². The van der Waals surface area contributed by atoms with Gasteiger partial charge in [-0.25, -0.2) is 8.70 Å². The molecule has 6 nitrogen and oxygen atoms in total. The number of benzene rings is 2. The maximum atomic E-state index is 13.2. The molecule has 0 unspecified atom stereocenters. The Labute approximate surface area is 163 Å². The Morgan fingerprint density at radius 2 is 1.74 bits per heavy atom. The lowest BCUT2D eigenvalue weighted by Gasteiger charge is -2.27. The second-order valence-corrected chi connectivity index (χ2v) is 9.12. The van der Waals surface area contributed by atoms with Crippen LogP contribution in [-0.4, -0.2) is 45.0 Å². The molecule has 0 radical (unpaired) electrons. The molecule has 146 valence electrons. The molecule has 0 aliphatic rings. The van der Waals surface area contributed by atoms with E-state index < -0.39 is 28.5 Å². The van der Waals surface area contributed by atoms with E-state index in [-0.39, 0.29) is 5.69 Å². The monoisotopic (exact) mass is 411 g/mol. The minimum atomic E-state index is -3.93. The summed E-state index contributed by atoms with van der Waals surface area (Å²) in [5.41, 5.74) is 0.826. The number of nitrogens with one attached hydrogen (secondary N) is 1. The number of amides is 1. The predicted octanol–water partition coefficient (Wildman–Crippen LogP) is 3.19. The summed E-state index contributed by atoms with van der Waals surface area (Å²) in [6.07, 6.45) is 0. The number of halogens is 1. The Balaban J connectivity index is 2.28. The van der Waals surface area contributed by atoms with E-state index in [4.69, 9.17) is 0 Å². The van der Waals surface area contributed by atoms with Crippen molar-refractivity contribution in [2.24, 2.45) is 0 Å². The van der Waals surface area contributed by atoms with Crippen molar-refractivity contribution in [3.63, 3.8) is 0 Å². The molecular formula is C18H22FN3O3S2. The Morgan fingerprint density at radius 3 is 2.33 bits per heavy atom. The summed E-state index contributed by atoms with van der Waals surface area (Å²) in [4.78, 5) is 13.5. The second kappa shape index (κ2) is 9.20. The quantitative estimate of drug-likeness (QED) is 0.678. The number of hydrogen-bond donors (Lipinski definition) is 1. The molecule has 0 bridgehead atoms. The van der Waals surface area contributed by atoms with Gasteiger partial charge in [0.25, 0.3) is 0 Å². The zero-order valence-electron chi connectivity index (χ0n) is 15.3. The SMILES string of the molecule is CCSc1ccccc1NC(=O)CN(c1ccc(F)cc1)S(=O)(=O)N(C)C. The average molecular weight is 412 g/mol. The molecule has 0 aliphatic heterocycles. The summed E-state index contributed by atoms with van der Waals surface area (Å²) in [6.45, 7) is 1.57. The van der Waals surface area contributed by atoms with Gasteiger partial charge < -0.3 is 5.32 Å². The lowest BCUT2D eigenvalue weighted by atomic mass is 10.3. The van der Waals surface area contributed by atoms with Crippen LogP contribution in [0.5, 0.6) is 0 Å². The first-order valence-electron chi connectivity index (χ1n) is 8.23. The highest BCUT2D eigenvalue weighted by Crippen LogP contribution is 2.27. The highest BCUT2D eigenvalue weighted by molar-refractivity contribution is 7.99. The van der Waals surface area contributed by atoms with Crippen molar-refractivity contribution in [1.82, 2.24) is 4.31 Å². The minimum absolute atomic E-state index is 0.205. The highest BCUT2D eigenvalue weighted by atomic mass is 32.2. The normalized spacial score (nSPS) is 11.4. The summed E-state index contributed by atoms with van der Waals surface area (Å²) in [7, 11) is -1.19. The van der Waals surface area contributed by atoms with Gasteiger partial charge in [0.05, 0.1) is 11.4 Å². The predicted molar refractivity (Wildman–Crippen MR) is 108 cm³/mol. The van der Waals surface area contributed by atoms with E-state index in [1.165, 1.54) is 26.2 Å². The third kappa shape index (κ3) is 5.44. The van der Waals surface area contributed by atoms with Gasteiger partial charge in [-0.1, -0.05) is 19.1 Å². The third-order valence-corrected chi connectivity index (χ3v) is 6.38. The summed E-state index contributed by atoms with van der Waals surface area (Å²) in [5, 5.41) is 2.76. The largest absolute Gasteiger partial charge is 0.323 e. The molecule has 27 heavy (non-hydrogen) atoms. The fourth-order valence-corrected chi connectivity index (χ4v) is 4.11. The zero-order chi connectivity index (χ0) is 20.0. The molecule has 0 fully saturated rings. The van der Waals surface area contributed by atoms with Gasteiger partial charge in [-0.05, 0) is 42.2 Å². The molecule has 0 saturated carbocycles. The molecule has 9 heteroatoms. The van der Waals surface area contributed by atoms with Gasteiger partial charge in [-0.3, -0.25) is 4.79 Å². The van der Waals surface area contributed by atoms with Crippen LogP contribution in [0.3, 0.4) is 0 Å². The van der Waals surface area contributed by atoms with Crippen LogP contribution in [0.1, 0.15) is 6.92 Å². The van der Waals surface area contributed by atoms with E-state index in [0.717, 1.165) is 31.4 Å². The minimum Gasteiger partial charge on any atom is -0.323 e. The number of anilines is 2. The number of hydrogen-bond acceptors (Lipinski definition) is 4. The first-order chi connectivity index (χ1) is 12.8. The van der Waals surface area contributed by atoms with Crippen LogP contribution < -0.4 is 9.62 Å². The number of thioether (sulfide) groups is 1. The van der Waals surface area contributed by atoms with Gasteiger partial charge in [-0.2, -0.15) is 12.7 Å². The van der Waals surface area contributed by atoms with Crippen LogP contribution in [0.2, 0.25) is 0 Å². The lowest BCUT2D eigenvalue weighted by molar-refractivity contribution is -0.114. The van der Waals surface area contributed by atoms with Gasteiger partial charge in [-0.15, -0.1) is 11.8 Å². The summed E-state index contributed by atoms with van der Waals surface area (Å²) >= 11 is 1.57. The van der Waals surface area contributed by atoms with Crippen molar-refractivity contribution in [3.8, 4) is 0 Å². The molecule has 0 spiro atoms. The van der Waals surface area contributed by atoms with E-state index in [1.807, 2.05) is 19.1 Å². The molecule has 0 aromatic heterocycles. The molecule has 0 saturated heterocycles. The molecule has 0 aliphatic carbocycles.